The van der Waals surface area contributed by atoms with Crippen molar-refractivity contribution in [2.75, 3.05) is 19.6 Å². The molecular formula is C18H27FN2O. The summed E-state index contributed by atoms with van der Waals surface area (Å²) in [5, 5.41) is 3.05. The Morgan fingerprint density at radius 1 is 1.27 bits per heavy atom. The molecule has 0 radical (unpaired) electrons. The number of hydrogen-bond acceptors (Lipinski definition) is 2. The largest absolute Gasteiger partial charge is 0.355 e. The van der Waals surface area contributed by atoms with Crippen LogP contribution in [0.5, 0.6) is 0 Å². The number of carbonyl (C=O) groups excluding carboxylic acids is 1. The highest BCUT2D eigenvalue weighted by Crippen LogP contribution is 2.23. The van der Waals surface area contributed by atoms with Crippen LogP contribution in [0.2, 0.25) is 0 Å². The van der Waals surface area contributed by atoms with Gasteiger partial charge in [0.1, 0.15) is 5.82 Å². The Hall–Kier alpha value is -1.42. The van der Waals surface area contributed by atoms with E-state index in [1.54, 1.807) is 12.1 Å². The van der Waals surface area contributed by atoms with Gasteiger partial charge in [0.05, 0.1) is 0 Å². The first-order valence-corrected chi connectivity index (χ1v) is 8.36. The van der Waals surface area contributed by atoms with Gasteiger partial charge < -0.3 is 5.32 Å². The van der Waals surface area contributed by atoms with Gasteiger partial charge in [-0.05, 0) is 62.9 Å². The minimum absolute atomic E-state index is 0.0854. The van der Waals surface area contributed by atoms with Crippen molar-refractivity contribution in [3.05, 3.63) is 35.6 Å². The standard InChI is InChI=1S/C18H27FN2O/c1-3-15(16-6-8-17(19)9-7-16)12-18(22)20-13-14(2)21-10-4-5-11-21/h6-9,14-15H,3-5,10-13H2,1-2H3,(H,20,22). The average molecular weight is 306 g/mol. The second kappa shape index (κ2) is 8.28. The van der Waals surface area contributed by atoms with E-state index in [1.807, 2.05) is 0 Å². The quantitative estimate of drug-likeness (QED) is 0.838. The Bertz CT molecular complexity index is 468. The summed E-state index contributed by atoms with van der Waals surface area (Å²) >= 11 is 0. The summed E-state index contributed by atoms with van der Waals surface area (Å²) in [6.45, 7) is 7.23. The molecule has 1 N–H and O–H groups in total. The second-order valence-corrected chi connectivity index (χ2v) is 6.26. The van der Waals surface area contributed by atoms with Gasteiger partial charge in [0.2, 0.25) is 5.91 Å². The van der Waals surface area contributed by atoms with Gasteiger partial charge in [-0.25, -0.2) is 4.39 Å². The third kappa shape index (κ3) is 4.80. The molecule has 0 spiro atoms. The van der Waals surface area contributed by atoms with Crippen LogP contribution in [0.3, 0.4) is 0 Å². The van der Waals surface area contributed by atoms with Gasteiger partial charge in [0.25, 0.3) is 0 Å². The zero-order valence-corrected chi connectivity index (χ0v) is 13.6. The van der Waals surface area contributed by atoms with Crippen molar-refractivity contribution in [2.24, 2.45) is 0 Å². The summed E-state index contributed by atoms with van der Waals surface area (Å²) in [5.41, 5.74) is 1.03. The predicted octanol–water partition coefficient (Wildman–Crippen LogP) is 3.31. The van der Waals surface area contributed by atoms with E-state index in [1.165, 1.54) is 25.0 Å². The van der Waals surface area contributed by atoms with Crippen molar-refractivity contribution in [1.29, 1.82) is 0 Å². The molecule has 0 aromatic heterocycles. The summed E-state index contributed by atoms with van der Waals surface area (Å²) < 4.78 is 13.0. The molecule has 1 fully saturated rings. The molecule has 2 unspecified atom stereocenters. The van der Waals surface area contributed by atoms with Gasteiger partial charge >= 0.3 is 0 Å². The Balaban J connectivity index is 1.80. The van der Waals surface area contributed by atoms with E-state index in [0.717, 1.165) is 25.1 Å². The number of carbonyl (C=O) groups is 1. The first-order valence-electron chi connectivity index (χ1n) is 8.36. The number of benzene rings is 1. The second-order valence-electron chi connectivity index (χ2n) is 6.26. The molecule has 1 aliphatic rings. The molecule has 1 aliphatic heterocycles. The number of nitrogens with one attached hydrogen (secondary N) is 1. The highest BCUT2D eigenvalue weighted by Gasteiger charge is 2.19. The van der Waals surface area contributed by atoms with Crippen molar-refractivity contribution in [3.63, 3.8) is 0 Å². The molecule has 0 saturated carbocycles. The zero-order valence-electron chi connectivity index (χ0n) is 13.6. The van der Waals surface area contributed by atoms with Crippen LogP contribution in [0.1, 0.15) is 51.0 Å². The third-order valence-corrected chi connectivity index (χ3v) is 4.62. The Morgan fingerprint density at radius 2 is 1.91 bits per heavy atom. The average Bonchev–Trinajstić information content (AvgIpc) is 3.05. The molecule has 22 heavy (non-hydrogen) atoms. The number of likely N-dealkylation sites (tertiary alicyclic amines) is 1. The van der Waals surface area contributed by atoms with Gasteiger partial charge in [-0.2, -0.15) is 0 Å². The number of amides is 1. The summed E-state index contributed by atoms with van der Waals surface area (Å²) in [7, 11) is 0. The van der Waals surface area contributed by atoms with Crippen LogP contribution in [0.4, 0.5) is 4.39 Å². The van der Waals surface area contributed by atoms with Crippen LogP contribution >= 0.6 is 0 Å². The van der Waals surface area contributed by atoms with Crippen LogP contribution < -0.4 is 5.32 Å². The van der Waals surface area contributed by atoms with Crippen LogP contribution in [-0.2, 0) is 4.79 Å². The monoisotopic (exact) mass is 306 g/mol. The molecule has 0 bridgehead atoms. The highest BCUT2D eigenvalue weighted by atomic mass is 19.1. The van der Waals surface area contributed by atoms with Crippen LogP contribution in [-0.4, -0.2) is 36.5 Å². The first-order chi connectivity index (χ1) is 10.6. The summed E-state index contributed by atoms with van der Waals surface area (Å²) in [5.74, 6) is 0.00686. The lowest BCUT2D eigenvalue weighted by Crippen LogP contribution is -2.40. The maximum absolute atomic E-state index is 13.0. The molecule has 0 aliphatic carbocycles. The fraction of sp³-hybridized carbons (Fsp3) is 0.611. The number of hydrogen-bond donors (Lipinski definition) is 1. The molecule has 122 valence electrons. The van der Waals surface area contributed by atoms with Crippen LogP contribution in [0, 0.1) is 5.82 Å². The molecule has 1 aromatic rings. The normalized spacial score (nSPS) is 18.1. The molecule has 3 nitrogen and oxygen atoms in total. The van der Waals surface area contributed by atoms with E-state index in [0.29, 0.717) is 19.0 Å². The van der Waals surface area contributed by atoms with Crippen LogP contribution in [0.25, 0.3) is 0 Å². The lowest BCUT2D eigenvalue weighted by molar-refractivity contribution is -0.121. The summed E-state index contributed by atoms with van der Waals surface area (Å²) in [4.78, 5) is 14.6. The van der Waals surface area contributed by atoms with E-state index in [-0.39, 0.29) is 17.6 Å². The minimum Gasteiger partial charge on any atom is -0.355 e. The van der Waals surface area contributed by atoms with Crippen molar-refractivity contribution in [1.82, 2.24) is 10.2 Å². The molecule has 1 saturated heterocycles. The van der Waals surface area contributed by atoms with Gasteiger partial charge in [-0.1, -0.05) is 19.1 Å². The van der Waals surface area contributed by atoms with E-state index >= 15 is 0 Å². The van der Waals surface area contributed by atoms with Crippen LogP contribution in [0.15, 0.2) is 24.3 Å². The summed E-state index contributed by atoms with van der Waals surface area (Å²) in [6, 6.07) is 6.89. The fourth-order valence-electron chi connectivity index (χ4n) is 3.10. The highest BCUT2D eigenvalue weighted by molar-refractivity contribution is 5.76. The van der Waals surface area contributed by atoms with Gasteiger partial charge in [-0.15, -0.1) is 0 Å². The maximum atomic E-state index is 13.0. The van der Waals surface area contributed by atoms with Crippen molar-refractivity contribution in [3.8, 4) is 0 Å². The van der Waals surface area contributed by atoms with Gasteiger partial charge in [0, 0.05) is 19.0 Å². The molecule has 1 aromatic carbocycles. The first kappa shape index (κ1) is 16.9. The van der Waals surface area contributed by atoms with E-state index < -0.39 is 0 Å². The number of rotatable bonds is 7. The van der Waals surface area contributed by atoms with Crippen molar-refractivity contribution in [2.45, 2.75) is 51.5 Å². The third-order valence-electron chi connectivity index (χ3n) is 4.62. The molecule has 2 atom stereocenters. The summed E-state index contributed by atoms with van der Waals surface area (Å²) in [6.07, 6.45) is 3.87. The number of nitrogens with zero attached hydrogens (tertiary/aromatic N) is 1. The zero-order chi connectivity index (χ0) is 15.9. The molecule has 1 heterocycles. The van der Waals surface area contributed by atoms with E-state index in [2.05, 4.69) is 24.1 Å². The van der Waals surface area contributed by atoms with E-state index in [4.69, 9.17) is 0 Å². The number of halogens is 1. The van der Waals surface area contributed by atoms with E-state index in [9.17, 15) is 9.18 Å². The van der Waals surface area contributed by atoms with Gasteiger partial charge in [-0.3, -0.25) is 9.69 Å². The van der Waals surface area contributed by atoms with Crippen molar-refractivity contribution >= 4 is 5.91 Å². The fourth-order valence-corrected chi connectivity index (χ4v) is 3.10. The minimum atomic E-state index is -0.234. The Labute approximate surface area is 132 Å². The Kier molecular flexibility index (Phi) is 6.37. The van der Waals surface area contributed by atoms with Crippen molar-refractivity contribution < 1.29 is 9.18 Å². The predicted molar refractivity (Wildman–Crippen MR) is 87.3 cm³/mol. The lowest BCUT2D eigenvalue weighted by atomic mass is 9.93. The smallest absolute Gasteiger partial charge is 0.220 e. The topological polar surface area (TPSA) is 32.3 Å². The SMILES string of the molecule is CCC(CC(=O)NCC(C)N1CCCC1)c1ccc(F)cc1. The molecule has 1 amide bonds. The maximum Gasteiger partial charge on any atom is 0.220 e. The Morgan fingerprint density at radius 3 is 2.50 bits per heavy atom. The van der Waals surface area contributed by atoms with Gasteiger partial charge in [0.15, 0.2) is 0 Å². The molecular weight excluding hydrogens is 279 g/mol. The molecule has 4 heteroatoms. The molecule has 2 rings (SSSR count). The lowest BCUT2D eigenvalue weighted by Gasteiger charge is -2.24.